The largest absolute Gasteiger partial charge is 0.350 e. The van der Waals surface area contributed by atoms with E-state index in [9.17, 15) is 4.79 Å². The van der Waals surface area contributed by atoms with Gasteiger partial charge in [-0.25, -0.2) is 9.97 Å². The molecular weight excluding hydrogens is 338 g/mol. The number of aromatic nitrogens is 4. The maximum atomic E-state index is 12.5. The standard InChI is InChI=1S/C18H20ClN5O/c1-2-14-10-23-6-5-12(7-17(23)21-14)18(25)20-8-15-11-24-9-13(19)3-4-16(24)22-15/h3-4,9-12H,2,5-8H2,1H3,(H,20,25). The first-order chi connectivity index (χ1) is 12.1. The predicted octanol–water partition coefficient (Wildman–Crippen LogP) is 2.63. The normalized spacial score (nSPS) is 16.8. The molecule has 130 valence electrons. The zero-order valence-electron chi connectivity index (χ0n) is 14.1. The van der Waals surface area contributed by atoms with Gasteiger partial charge in [-0.1, -0.05) is 18.5 Å². The Hall–Kier alpha value is -2.34. The number of rotatable bonds is 4. The third-order valence-electron chi connectivity index (χ3n) is 4.70. The first kappa shape index (κ1) is 16.1. The maximum Gasteiger partial charge on any atom is 0.223 e. The van der Waals surface area contributed by atoms with Crippen LogP contribution < -0.4 is 5.32 Å². The van der Waals surface area contributed by atoms with E-state index < -0.39 is 0 Å². The van der Waals surface area contributed by atoms with Crippen molar-refractivity contribution >= 4 is 23.2 Å². The van der Waals surface area contributed by atoms with Crippen molar-refractivity contribution < 1.29 is 4.79 Å². The second-order valence-electron chi connectivity index (χ2n) is 6.45. The monoisotopic (exact) mass is 357 g/mol. The van der Waals surface area contributed by atoms with Crippen LogP contribution in [0, 0.1) is 5.92 Å². The van der Waals surface area contributed by atoms with Gasteiger partial charge in [0.1, 0.15) is 11.5 Å². The maximum absolute atomic E-state index is 12.5. The van der Waals surface area contributed by atoms with Gasteiger partial charge in [0.15, 0.2) is 0 Å². The summed E-state index contributed by atoms with van der Waals surface area (Å²) in [6.07, 6.45) is 8.27. The average Bonchev–Trinajstić information content (AvgIpc) is 3.21. The first-order valence-electron chi connectivity index (χ1n) is 8.58. The molecule has 0 aliphatic carbocycles. The van der Waals surface area contributed by atoms with Crippen LogP contribution in [-0.2, 0) is 30.7 Å². The van der Waals surface area contributed by atoms with Crippen molar-refractivity contribution in [2.24, 2.45) is 5.92 Å². The quantitative estimate of drug-likeness (QED) is 0.780. The van der Waals surface area contributed by atoms with E-state index in [0.29, 0.717) is 18.0 Å². The number of halogens is 1. The molecule has 3 aromatic heterocycles. The van der Waals surface area contributed by atoms with Crippen LogP contribution in [0.5, 0.6) is 0 Å². The van der Waals surface area contributed by atoms with Gasteiger partial charge in [0.05, 0.1) is 23.0 Å². The first-order valence-corrected chi connectivity index (χ1v) is 8.96. The second-order valence-corrected chi connectivity index (χ2v) is 6.88. The number of carbonyl (C=O) groups excluding carboxylic acids is 1. The number of carbonyl (C=O) groups is 1. The summed E-state index contributed by atoms with van der Waals surface area (Å²) in [4.78, 5) is 21.6. The highest BCUT2D eigenvalue weighted by molar-refractivity contribution is 6.30. The minimum absolute atomic E-state index is 0.0221. The van der Waals surface area contributed by atoms with E-state index in [4.69, 9.17) is 11.6 Å². The zero-order chi connectivity index (χ0) is 17.4. The van der Waals surface area contributed by atoms with E-state index in [0.717, 1.165) is 42.2 Å². The summed E-state index contributed by atoms with van der Waals surface area (Å²) >= 11 is 5.98. The second kappa shape index (κ2) is 6.52. The van der Waals surface area contributed by atoms with E-state index in [-0.39, 0.29) is 11.8 Å². The minimum atomic E-state index is -0.0221. The number of hydrogen-bond donors (Lipinski definition) is 1. The Balaban J connectivity index is 1.40. The van der Waals surface area contributed by atoms with Crippen molar-refractivity contribution in [2.75, 3.05) is 0 Å². The van der Waals surface area contributed by atoms with Crippen molar-refractivity contribution in [2.45, 2.75) is 39.3 Å². The predicted molar refractivity (Wildman–Crippen MR) is 95.5 cm³/mol. The van der Waals surface area contributed by atoms with Crippen molar-refractivity contribution in [1.29, 1.82) is 0 Å². The molecule has 0 fully saturated rings. The van der Waals surface area contributed by atoms with Crippen LogP contribution in [0.4, 0.5) is 0 Å². The number of pyridine rings is 1. The van der Waals surface area contributed by atoms with Crippen LogP contribution in [0.1, 0.15) is 30.6 Å². The van der Waals surface area contributed by atoms with Crippen LogP contribution in [0.25, 0.3) is 5.65 Å². The highest BCUT2D eigenvalue weighted by atomic mass is 35.5. The van der Waals surface area contributed by atoms with Gasteiger partial charge in [0.2, 0.25) is 5.91 Å². The molecule has 1 aliphatic rings. The van der Waals surface area contributed by atoms with E-state index in [1.807, 2.05) is 22.9 Å². The molecule has 0 saturated heterocycles. The van der Waals surface area contributed by atoms with Gasteiger partial charge in [-0.2, -0.15) is 0 Å². The third kappa shape index (κ3) is 3.26. The molecule has 25 heavy (non-hydrogen) atoms. The van der Waals surface area contributed by atoms with E-state index in [1.54, 1.807) is 6.07 Å². The van der Waals surface area contributed by atoms with Gasteiger partial charge in [-0.15, -0.1) is 0 Å². The topological polar surface area (TPSA) is 64.2 Å². The summed E-state index contributed by atoms with van der Waals surface area (Å²) < 4.78 is 4.04. The van der Waals surface area contributed by atoms with Crippen LogP contribution in [-0.4, -0.2) is 24.8 Å². The molecule has 4 rings (SSSR count). The van der Waals surface area contributed by atoms with E-state index >= 15 is 0 Å². The Morgan fingerprint density at radius 2 is 2.16 bits per heavy atom. The molecule has 1 N–H and O–H groups in total. The molecule has 4 heterocycles. The Morgan fingerprint density at radius 3 is 3.00 bits per heavy atom. The van der Waals surface area contributed by atoms with Crippen molar-refractivity contribution in [3.63, 3.8) is 0 Å². The molecule has 0 radical (unpaired) electrons. The number of nitrogens with one attached hydrogen (secondary N) is 1. The number of aryl methyl sites for hydroxylation is 2. The van der Waals surface area contributed by atoms with Crippen molar-refractivity contribution in [1.82, 2.24) is 24.3 Å². The third-order valence-corrected chi connectivity index (χ3v) is 4.92. The average molecular weight is 358 g/mol. The molecule has 1 aliphatic heterocycles. The lowest BCUT2D eigenvalue weighted by atomic mass is 9.97. The molecule has 1 atom stereocenters. The summed E-state index contributed by atoms with van der Waals surface area (Å²) in [6.45, 7) is 3.37. The lowest BCUT2D eigenvalue weighted by Gasteiger charge is -2.22. The molecule has 7 heteroatoms. The fraction of sp³-hybridized carbons (Fsp3) is 0.389. The molecule has 3 aromatic rings. The van der Waals surface area contributed by atoms with Crippen LogP contribution in [0.2, 0.25) is 5.02 Å². The fourth-order valence-corrected chi connectivity index (χ4v) is 3.47. The van der Waals surface area contributed by atoms with Gasteiger partial charge in [-0.3, -0.25) is 4.79 Å². The smallest absolute Gasteiger partial charge is 0.223 e. The van der Waals surface area contributed by atoms with Gasteiger partial charge in [0, 0.05) is 37.5 Å². The minimum Gasteiger partial charge on any atom is -0.350 e. The lowest BCUT2D eigenvalue weighted by Crippen LogP contribution is -2.35. The highest BCUT2D eigenvalue weighted by Crippen LogP contribution is 2.21. The van der Waals surface area contributed by atoms with Gasteiger partial charge in [0.25, 0.3) is 0 Å². The number of fused-ring (bicyclic) bond motifs is 2. The number of amides is 1. The van der Waals surface area contributed by atoms with Gasteiger partial charge < -0.3 is 14.3 Å². The molecule has 1 amide bonds. The van der Waals surface area contributed by atoms with Crippen LogP contribution >= 0.6 is 11.6 Å². The number of imidazole rings is 2. The fourth-order valence-electron chi connectivity index (χ4n) is 3.31. The molecule has 6 nitrogen and oxygen atoms in total. The molecule has 0 bridgehead atoms. The molecule has 0 spiro atoms. The molecule has 0 saturated carbocycles. The van der Waals surface area contributed by atoms with Crippen molar-refractivity contribution in [3.05, 3.63) is 53.0 Å². The summed E-state index contributed by atoms with van der Waals surface area (Å²) in [5.74, 6) is 1.07. The van der Waals surface area contributed by atoms with Crippen LogP contribution in [0.15, 0.2) is 30.7 Å². The van der Waals surface area contributed by atoms with E-state index in [2.05, 4.69) is 33.0 Å². The number of hydrogen-bond acceptors (Lipinski definition) is 3. The Bertz CT molecular complexity index is 929. The summed E-state index contributed by atoms with van der Waals surface area (Å²) in [5.41, 5.74) is 2.74. The highest BCUT2D eigenvalue weighted by Gasteiger charge is 2.26. The lowest BCUT2D eigenvalue weighted by molar-refractivity contribution is -0.125. The van der Waals surface area contributed by atoms with Crippen LogP contribution in [0.3, 0.4) is 0 Å². The summed E-state index contributed by atoms with van der Waals surface area (Å²) in [7, 11) is 0. The van der Waals surface area contributed by atoms with Gasteiger partial charge >= 0.3 is 0 Å². The van der Waals surface area contributed by atoms with Gasteiger partial charge in [-0.05, 0) is 25.0 Å². The summed E-state index contributed by atoms with van der Waals surface area (Å²) in [6, 6.07) is 3.67. The molecular formula is C18H20ClN5O. The Kier molecular flexibility index (Phi) is 4.21. The molecule has 1 unspecified atom stereocenters. The SMILES string of the molecule is CCc1cn2c(n1)CC(C(=O)NCc1cn3cc(Cl)ccc3n1)CC2. The molecule has 0 aromatic carbocycles. The zero-order valence-corrected chi connectivity index (χ0v) is 14.8. The summed E-state index contributed by atoms with van der Waals surface area (Å²) in [5, 5.41) is 3.67. The van der Waals surface area contributed by atoms with E-state index in [1.165, 1.54) is 0 Å². The van der Waals surface area contributed by atoms with Crippen molar-refractivity contribution in [3.8, 4) is 0 Å². The number of nitrogens with zero attached hydrogens (tertiary/aromatic N) is 4. The Morgan fingerprint density at radius 1 is 1.28 bits per heavy atom. The Labute approximate surface area is 150 Å².